The number of piperidine rings is 1. The molecule has 1 N–H and O–H groups in total. The maximum Gasteiger partial charge on any atom is 0.333 e. The number of ether oxygens (including phenoxy) is 2. The van der Waals surface area contributed by atoms with Crippen LogP contribution in [0.15, 0.2) is 11.8 Å². The van der Waals surface area contributed by atoms with Crippen molar-refractivity contribution in [1.82, 2.24) is 4.90 Å². The number of hydrogen-bond acceptors (Lipinski definition) is 5. The predicted molar refractivity (Wildman–Crippen MR) is 81.8 cm³/mol. The molecule has 0 aromatic rings. The van der Waals surface area contributed by atoms with E-state index in [0.717, 1.165) is 12.8 Å². The van der Waals surface area contributed by atoms with E-state index in [1.807, 2.05) is 0 Å². The first kappa shape index (κ1) is 18.0. The van der Waals surface area contributed by atoms with Crippen LogP contribution >= 0.6 is 0 Å². The number of nitrogens with zero attached hydrogens (tertiary/aromatic N) is 1. The summed E-state index contributed by atoms with van der Waals surface area (Å²) in [4.78, 5) is 13.6. The Labute approximate surface area is 127 Å². The normalized spacial score (nSPS) is 22.9. The summed E-state index contributed by atoms with van der Waals surface area (Å²) in [6.07, 6.45) is 3.12. The monoisotopic (exact) mass is 299 g/mol. The first-order valence-corrected chi connectivity index (χ1v) is 7.44. The van der Waals surface area contributed by atoms with Crippen molar-refractivity contribution in [2.24, 2.45) is 0 Å². The van der Waals surface area contributed by atoms with Gasteiger partial charge in [0, 0.05) is 30.5 Å². The van der Waals surface area contributed by atoms with E-state index in [2.05, 4.69) is 37.3 Å². The Morgan fingerprint density at radius 3 is 2.24 bits per heavy atom. The summed E-state index contributed by atoms with van der Waals surface area (Å²) < 4.78 is 10.5. The van der Waals surface area contributed by atoms with Crippen molar-refractivity contribution in [3.63, 3.8) is 0 Å². The molecular weight excluding hydrogens is 270 g/mol. The van der Waals surface area contributed by atoms with Crippen molar-refractivity contribution in [2.75, 3.05) is 20.3 Å². The summed E-state index contributed by atoms with van der Waals surface area (Å²) in [5.41, 5.74) is -0.138. The van der Waals surface area contributed by atoms with E-state index < -0.39 is 5.97 Å². The molecule has 0 atom stereocenters. The molecule has 1 heterocycles. The molecule has 0 unspecified atom stereocenters. The summed E-state index contributed by atoms with van der Waals surface area (Å²) in [5, 5.41) is 9.29. The number of hydrogen-bond donors (Lipinski definition) is 1. The SMILES string of the molecule is COC(=O)/C=C(/C)OC1CC(C)(C)N(CCO)C(C)(C)C1. The smallest absolute Gasteiger partial charge is 0.333 e. The van der Waals surface area contributed by atoms with Gasteiger partial charge in [0.1, 0.15) is 11.9 Å². The van der Waals surface area contributed by atoms with Crippen molar-refractivity contribution in [2.45, 2.75) is 64.6 Å². The number of aliphatic hydroxyl groups is 1. The lowest BCUT2D eigenvalue weighted by Crippen LogP contribution is -2.62. The Hall–Kier alpha value is -1.07. The molecule has 1 fully saturated rings. The molecule has 0 saturated carbocycles. The van der Waals surface area contributed by atoms with Gasteiger partial charge in [0.25, 0.3) is 0 Å². The zero-order valence-electron chi connectivity index (χ0n) is 14.1. The third kappa shape index (κ3) is 4.71. The van der Waals surface area contributed by atoms with Crippen LogP contribution in [0, 0.1) is 0 Å². The van der Waals surface area contributed by atoms with Gasteiger partial charge in [-0.25, -0.2) is 4.79 Å². The van der Waals surface area contributed by atoms with E-state index in [1.165, 1.54) is 13.2 Å². The fourth-order valence-electron chi connectivity index (χ4n) is 3.54. The molecule has 5 nitrogen and oxygen atoms in total. The highest BCUT2D eigenvalue weighted by Gasteiger charge is 2.45. The van der Waals surface area contributed by atoms with Crippen LogP contribution in [0.1, 0.15) is 47.5 Å². The van der Waals surface area contributed by atoms with Gasteiger partial charge in [-0.2, -0.15) is 0 Å². The van der Waals surface area contributed by atoms with Gasteiger partial charge >= 0.3 is 5.97 Å². The average molecular weight is 299 g/mol. The van der Waals surface area contributed by atoms with E-state index in [4.69, 9.17) is 4.74 Å². The standard InChI is InChI=1S/C16H29NO4/c1-12(9-14(19)20-6)21-13-10-15(2,3)17(7-8-18)16(4,5)11-13/h9,13,18H,7-8,10-11H2,1-6H3/b12-9-. The molecule has 1 saturated heterocycles. The fourth-order valence-corrected chi connectivity index (χ4v) is 3.54. The second-order valence-electron chi connectivity index (χ2n) is 6.93. The summed E-state index contributed by atoms with van der Waals surface area (Å²) in [5.74, 6) is 0.179. The van der Waals surface area contributed by atoms with Crippen LogP contribution < -0.4 is 0 Å². The average Bonchev–Trinajstić information content (AvgIpc) is 2.32. The molecule has 0 aromatic heterocycles. The van der Waals surface area contributed by atoms with Crippen LogP contribution in [0.5, 0.6) is 0 Å². The lowest BCUT2D eigenvalue weighted by atomic mass is 9.78. The minimum atomic E-state index is -0.399. The molecule has 1 aliphatic rings. The van der Waals surface area contributed by atoms with Gasteiger partial charge in [0.15, 0.2) is 0 Å². The molecule has 5 heteroatoms. The first-order valence-electron chi connectivity index (χ1n) is 7.44. The Kier molecular flexibility index (Phi) is 5.82. The van der Waals surface area contributed by atoms with Crippen LogP contribution in [-0.2, 0) is 14.3 Å². The molecular formula is C16H29NO4. The highest BCUT2D eigenvalue weighted by atomic mass is 16.5. The van der Waals surface area contributed by atoms with E-state index in [0.29, 0.717) is 12.3 Å². The van der Waals surface area contributed by atoms with Crippen LogP contribution in [-0.4, -0.2) is 53.4 Å². The van der Waals surface area contributed by atoms with Gasteiger partial charge in [-0.1, -0.05) is 0 Å². The van der Waals surface area contributed by atoms with Gasteiger partial charge in [0.05, 0.1) is 19.8 Å². The van der Waals surface area contributed by atoms with Gasteiger partial charge in [-0.15, -0.1) is 0 Å². The summed E-state index contributed by atoms with van der Waals surface area (Å²) in [7, 11) is 1.35. The number of carbonyl (C=O) groups is 1. The van der Waals surface area contributed by atoms with Crippen LogP contribution in [0.2, 0.25) is 0 Å². The summed E-state index contributed by atoms with van der Waals surface area (Å²) in [6, 6.07) is 0. The molecule has 0 radical (unpaired) electrons. The van der Waals surface area contributed by atoms with E-state index in [1.54, 1.807) is 6.92 Å². The molecule has 122 valence electrons. The number of carbonyl (C=O) groups excluding carboxylic acids is 1. The maximum absolute atomic E-state index is 11.2. The first-order chi connectivity index (χ1) is 9.62. The number of methoxy groups -OCH3 is 1. The van der Waals surface area contributed by atoms with Crippen LogP contribution in [0.25, 0.3) is 0 Å². The van der Waals surface area contributed by atoms with Gasteiger partial charge in [0.2, 0.25) is 0 Å². The molecule has 0 aliphatic carbocycles. The molecule has 1 rings (SSSR count). The Bertz CT molecular complexity index is 383. The number of aliphatic hydroxyl groups excluding tert-OH is 1. The van der Waals surface area contributed by atoms with E-state index in [-0.39, 0.29) is 23.8 Å². The Morgan fingerprint density at radius 2 is 1.81 bits per heavy atom. The predicted octanol–water partition coefficient (Wildman–Crippen LogP) is 2.09. The molecule has 0 spiro atoms. The summed E-state index contributed by atoms with van der Waals surface area (Å²) in [6.45, 7) is 11.2. The lowest BCUT2D eigenvalue weighted by molar-refractivity contribution is -0.135. The lowest BCUT2D eigenvalue weighted by Gasteiger charge is -2.55. The van der Waals surface area contributed by atoms with Gasteiger partial charge in [-0.3, -0.25) is 4.90 Å². The summed E-state index contributed by atoms with van der Waals surface area (Å²) >= 11 is 0. The second kappa shape index (κ2) is 6.79. The zero-order valence-corrected chi connectivity index (χ0v) is 14.1. The van der Waals surface area contributed by atoms with Gasteiger partial charge < -0.3 is 14.6 Å². The highest BCUT2D eigenvalue weighted by Crippen LogP contribution is 2.39. The third-order valence-corrected chi connectivity index (χ3v) is 4.11. The molecule has 0 aromatic carbocycles. The quantitative estimate of drug-likeness (QED) is 0.478. The minimum Gasteiger partial charge on any atom is -0.495 e. The number of β-amino-alcohol motifs (C(OH)–C–C–N with tert-alkyl or cyclic N) is 1. The largest absolute Gasteiger partial charge is 0.495 e. The number of likely N-dealkylation sites (tertiary alicyclic amines) is 1. The van der Waals surface area contributed by atoms with E-state index in [9.17, 15) is 9.90 Å². The fraction of sp³-hybridized carbons (Fsp3) is 0.812. The Balaban J connectivity index is 2.81. The topological polar surface area (TPSA) is 59.0 Å². The zero-order chi connectivity index (χ0) is 16.3. The molecule has 0 amide bonds. The van der Waals surface area contributed by atoms with Gasteiger partial charge in [-0.05, 0) is 34.6 Å². The number of allylic oxidation sites excluding steroid dienone is 1. The molecule has 0 bridgehead atoms. The number of rotatable bonds is 5. The van der Waals surface area contributed by atoms with Crippen molar-refractivity contribution in [3.05, 3.63) is 11.8 Å². The maximum atomic E-state index is 11.2. The van der Waals surface area contributed by atoms with E-state index >= 15 is 0 Å². The molecule has 1 aliphatic heterocycles. The highest BCUT2D eigenvalue weighted by molar-refractivity contribution is 5.82. The third-order valence-electron chi connectivity index (χ3n) is 4.11. The van der Waals surface area contributed by atoms with Crippen LogP contribution in [0.3, 0.4) is 0 Å². The van der Waals surface area contributed by atoms with Crippen molar-refractivity contribution >= 4 is 5.97 Å². The molecule has 21 heavy (non-hydrogen) atoms. The van der Waals surface area contributed by atoms with Crippen LogP contribution in [0.4, 0.5) is 0 Å². The van der Waals surface area contributed by atoms with Crippen molar-refractivity contribution in [3.8, 4) is 0 Å². The minimum absolute atomic E-state index is 0.0471. The van der Waals surface area contributed by atoms with Crippen molar-refractivity contribution in [1.29, 1.82) is 0 Å². The van der Waals surface area contributed by atoms with Crippen molar-refractivity contribution < 1.29 is 19.4 Å². The Morgan fingerprint density at radius 1 is 1.29 bits per heavy atom. The second-order valence-corrected chi connectivity index (χ2v) is 6.93. The number of esters is 1.